The van der Waals surface area contributed by atoms with Crippen LogP contribution in [0, 0.1) is 0 Å². The zero-order valence-electron chi connectivity index (χ0n) is 26.3. The molecule has 0 spiro atoms. The van der Waals surface area contributed by atoms with Gasteiger partial charge in [-0.2, -0.15) is 8.42 Å². The van der Waals surface area contributed by atoms with Crippen LogP contribution in [0.4, 0.5) is 0 Å². The van der Waals surface area contributed by atoms with Crippen molar-refractivity contribution in [3.05, 3.63) is 25.3 Å². The summed E-state index contributed by atoms with van der Waals surface area (Å²) in [5, 5.41) is 14.2. The van der Waals surface area contributed by atoms with Gasteiger partial charge >= 0.3 is 37.7 Å². The van der Waals surface area contributed by atoms with Crippen LogP contribution in [0.2, 0.25) is 0 Å². The fraction of sp³-hybridized carbons (Fsp3) is 0.800. The fourth-order valence-electron chi connectivity index (χ4n) is 3.95. The monoisotopic (exact) mass is 676 g/mol. The van der Waals surface area contributed by atoms with Crippen LogP contribution in [0.3, 0.4) is 0 Å². The van der Waals surface area contributed by atoms with Gasteiger partial charge in [0, 0.05) is 25.3 Å². The van der Waals surface area contributed by atoms with Crippen molar-refractivity contribution in [2.75, 3.05) is 24.6 Å². The Hall–Kier alpha value is -0.500. The number of nitrogens with one attached hydrogen (secondary N) is 1. The summed E-state index contributed by atoms with van der Waals surface area (Å²) in [4.78, 5) is 15.3. The molecule has 43 heavy (non-hydrogen) atoms. The van der Waals surface area contributed by atoms with E-state index in [0.717, 1.165) is 44.9 Å². The molecule has 0 aliphatic heterocycles. The van der Waals surface area contributed by atoms with E-state index in [4.69, 9.17) is 4.55 Å². The zero-order valence-corrected chi connectivity index (χ0v) is 30.2. The molecule has 0 aliphatic rings. The molecular formula is C30H56CaN2O8S2. The van der Waals surface area contributed by atoms with Gasteiger partial charge in [0.15, 0.2) is 0 Å². The molecule has 0 atom stereocenters. The molecule has 13 heteroatoms. The number of hydrogen-bond donors (Lipinski definition) is 2. The van der Waals surface area contributed by atoms with E-state index in [-0.39, 0.29) is 67.5 Å². The molecule has 10 nitrogen and oxygen atoms in total. The standard InChI is InChI=1S/2C15H29NO4S.Ca/c2*1-2-3-4-5-6-7-8-9-12-15(17)16-13-10-11-14-21(18,19)20;/h2*2H,1,3-14H2,(H,16,17)(H,18,19,20);/q;;+2/p-2. The average molecular weight is 677 g/mol. The average Bonchev–Trinajstić information content (AvgIpc) is 2.90. The van der Waals surface area contributed by atoms with Crippen LogP contribution in [0.1, 0.15) is 128 Å². The molecule has 0 rings (SSSR count). The predicted octanol–water partition coefficient (Wildman–Crippen LogP) is 5.07. The Morgan fingerprint density at radius 1 is 0.698 bits per heavy atom. The number of aliphatic imine (C=N–C) groups is 1. The van der Waals surface area contributed by atoms with Crippen molar-refractivity contribution in [1.29, 1.82) is 0 Å². The molecule has 0 unspecified atom stereocenters. The van der Waals surface area contributed by atoms with Gasteiger partial charge < -0.3 is 20.0 Å². The van der Waals surface area contributed by atoms with Crippen molar-refractivity contribution in [3.63, 3.8) is 0 Å². The number of amides is 1. The summed E-state index contributed by atoms with van der Waals surface area (Å²) in [6.45, 7) is 8.15. The largest absolute Gasteiger partial charge is 2.00 e. The van der Waals surface area contributed by atoms with Crippen molar-refractivity contribution < 1.29 is 35.8 Å². The molecule has 248 valence electrons. The first-order valence-corrected chi connectivity index (χ1v) is 18.7. The van der Waals surface area contributed by atoms with E-state index in [1.54, 1.807) is 0 Å². The molecule has 0 aromatic heterocycles. The van der Waals surface area contributed by atoms with E-state index in [1.807, 2.05) is 12.2 Å². The topological polar surface area (TPSA) is 176 Å². The van der Waals surface area contributed by atoms with Crippen LogP contribution in [0.15, 0.2) is 30.3 Å². The van der Waals surface area contributed by atoms with Crippen LogP contribution >= 0.6 is 0 Å². The van der Waals surface area contributed by atoms with Crippen molar-refractivity contribution in [2.45, 2.75) is 128 Å². The number of allylic oxidation sites excluding steroid dienone is 2. The van der Waals surface area contributed by atoms with E-state index in [1.165, 1.54) is 44.9 Å². The third kappa shape index (κ3) is 46.0. The molecule has 0 bridgehead atoms. The molecule has 1 amide bonds. The second-order valence-electron chi connectivity index (χ2n) is 10.5. The Kier molecular flexibility index (Phi) is 35.9. The minimum atomic E-state index is -4.14. The molecule has 0 aliphatic carbocycles. The first-order valence-electron chi connectivity index (χ1n) is 15.5. The zero-order chi connectivity index (χ0) is 32.0. The molecule has 0 heterocycles. The van der Waals surface area contributed by atoms with Crippen LogP contribution in [-0.4, -0.2) is 100 Å². The molecule has 0 fully saturated rings. The first kappa shape index (κ1) is 46.9. The third-order valence-electron chi connectivity index (χ3n) is 6.35. The SMILES string of the molecule is C=CCCCCCCCCC(=O)NCCCCS(=O)(=O)O.C=CCCCCCCCCC([O-])=NCCCCS(=O)(=O)[O-].[Ca+2]. The molecule has 0 radical (unpaired) electrons. The van der Waals surface area contributed by atoms with Crippen LogP contribution in [-0.2, 0) is 25.0 Å². The summed E-state index contributed by atoms with van der Waals surface area (Å²) in [5.41, 5.74) is 0. The number of carbonyl (C=O) groups is 1. The predicted molar refractivity (Wildman–Crippen MR) is 175 cm³/mol. The van der Waals surface area contributed by atoms with Gasteiger partial charge in [0.1, 0.15) is 0 Å². The van der Waals surface area contributed by atoms with E-state index >= 15 is 0 Å². The van der Waals surface area contributed by atoms with Crippen LogP contribution in [0.25, 0.3) is 0 Å². The molecule has 0 saturated carbocycles. The Balaban J connectivity index is -0.000000727. The van der Waals surface area contributed by atoms with Crippen molar-refractivity contribution >= 4 is 69.8 Å². The Bertz CT molecular complexity index is 926. The summed E-state index contributed by atoms with van der Waals surface area (Å²) >= 11 is 0. The molecule has 0 aromatic rings. The van der Waals surface area contributed by atoms with Gasteiger partial charge in [0.2, 0.25) is 5.91 Å². The van der Waals surface area contributed by atoms with Crippen LogP contribution < -0.4 is 10.4 Å². The van der Waals surface area contributed by atoms with Gasteiger partial charge in [0.25, 0.3) is 10.1 Å². The summed E-state index contributed by atoms with van der Waals surface area (Å²) < 4.78 is 60.6. The van der Waals surface area contributed by atoms with Gasteiger partial charge in [-0.15, -0.1) is 13.2 Å². The number of carbonyl (C=O) groups excluding carboxylic acids is 1. The van der Waals surface area contributed by atoms with Crippen molar-refractivity contribution in [3.8, 4) is 0 Å². The second kappa shape index (κ2) is 32.9. The quantitative estimate of drug-likeness (QED) is 0.0288. The number of rotatable bonds is 28. The smallest absolute Gasteiger partial charge is 0.862 e. The Morgan fingerprint density at radius 2 is 1.16 bits per heavy atom. The first-order chi connectivity index (χ1) is 19.9. The number of nitrogens with zero attached hydrogens (tertiary/aromatic N) is 1. The van der Waals surface area contributed by atoms with Crippen molar-refractivity contribution in [2.24, 2.45) is 4.99 Å². The summed E-state index contributed by atoms with van der Waals surface area (Å²) in [6, 6.07) is 0. The number of unbranched alkanes of at least 4 members (excludes halogenated alkanes) is 14. The normalized spacial score (nSPS) is 11.6. The molecule has 2 N–H and O–H groups in total. The Labute approximate surface area is 292 Å². The van der Waals surface area contributed by atoms with Gasteiger partial charge in [-0.1, -0.05) is 63.5 Å². The third-order valence-corrected chi connectivity index (χ3v) is 7.95. The summed E-state index contributed by atoms with van der Waals surface area (Å²) in [6.07, 6.45) is 22.1. The maximum absolute atomic E-state index is 11.5. The van der Waals surface area contributed by atoms with Gasteiger partial charge in [-0.3, -0.25) is 9.35 Å². The molecule has 0 saturated heterocycles. The van der Waals surface area contributed by atoms with Gasteiger partial charge in [0.05, 0.1) is 15.9 Å². The van der Waals surface area contributed by atoms with E-state index in [0.29, 0.717) is 45.2 Å². The van der Waals surface area contributed by atoms with Gasteiger partial charge in [-0.05, 0) is 76.5 Å². The van der Waals surface area contributed by atoms with Crippen molar-refractivity contribution in [1.82, 2.24) is 5.32 Å². The Morgan fingerprint density at radius 3 is 1.65 bits per heavy atom. The minimum absolute atomic E-state index is 0. The van der Waals surface area contributed by atoms with Gasteiger partial charge in [-0.25, -0.2) is 8.42 Å². The summed E-state index contributed by atoms with van der Waals surface area (Å²) in [5.74, 6) is -0.711. The van der Waals surface area contributed by atoms with Crippen LogP contribution in [0.5, 0.6) is 0 Å². The maximum Gasteiger partial charge on any atom is 2.00 e. The van der Waals surface area contributed by atoms with E-state index in [9.17, 15) is 31.3 Å². The fourth-order valence-corrected chi connectivity index (χ4v) is 5.08. The van der Waals surface area contributed by atoms with E-state index < -0.39 is 20.2 Å². The van der Waals surface area contributed by atoms with E-state index in [2.05, 4.69) is 23.5 Å². The molecular weight excluding hydrogens is 621 g/mol. The maximum atomic E-state index is 11.5. The summed E-state index contributed by atoms with van der Waals surface area (Å²) in [7, 11) is -8.01. The molecule has 0 aromatic carbocycles. The minimum Gasteiger partial charge on any atom is -0.862 e. The number of hydrogen-bond acceptors (Lipinski definition) is 8. The second-order valence-corrected chi connectivity index (χ2v) is 13.6.